The molecule has 3 rings (SSSR count). The molecule has 2 aliphatic rings. The van der Waals surface area contributed by atoms with E-state index in [2.05, 4.69) is 33.6 Å². The van der Waals surface area contributed by atoms with Crippen molar-refractivity contribution in [1.82, 2.24) is 9.97 Å². The number of nitrogens with zero attached hydrogens (tertiary/aromatic N) is 4. The van der Waals surface area contributed by atoms with Crippen LogP contribution in [0.3, 0.4) is 0 Å². The number of aliphatic hydroxyl groups is 1. The van der Waals surface area contributed by atoms with Gasteiger partial charge in [0, 0.05) is 32.4 Å². The van der Waals surface area contributed by atoms with E-state index >= 15 is 0 Å². The van der Waals surface area contributed by atoms with Crippen molar-refractivity contribution in [2.24, 2.45) is 0 Å². The van der Waals surface area contributed by atoms with Crippen LogP contribution in [0.4, 0.5) is 11.8 Å². The minimum absolute atomic E-state index is 0.194. The van der Waals surface area contributed by atoms with Gasteiger partial charge < -0.3 is 19.6 Å². The van der Waals surface area contributed by atoms with Crippen molar-refractivity contribution in [1.29, 1.82) is 0 Å². The molecule has 2 saturated heterocycles. The lowest BCUT2D eigenvalue weighted by Gasteiger charge is -2.35. The lowest BCUT2D eigenvalue weighted by Crippen LogP contribution is -2.46. The molecule has 6 heteroatoms. The first kappa shape index (κ1) is 13.6. The van der Waals surface area contributed by atoms with Gasteiger partial charge in [0.2, 0.25) is 5.95 Å². The van der Waals surface area contributed by atoms with E-state index < -0.39 is 0 Å². The Kier molecular flexibility index (Phi) is 3.76. The Morgan fingerprint density at radius 2 is 1.95 bits per heavy atom. The molecule has 3 atom stereocenters. The zero-order valence-corrected chi connectivity index (χ0v) is 12.1. The van der Waals surface area contributed by atoms with Crippen LogP contribution in [-0.2, 0) is 4.74 Å². The van der Waals surface area contributed by atoms with Crippen LogP contribution < -0.4 is 9.80 Å². The van der Waals surface area contributed by atoms with Crippen molar-refractivity contribution in [3.8, 4) is 0 Å². The van der Waals surface area contributed by atoms with Crippen molar-refractivity contribution in [2.75, 3.05) is 36.0 Å². The third kappa shape index (κ3) is 2.86. The normalized spacial score (nSPS) is 30.9. The van der Waals surface area contributed by atoms with Gasteiger partial charge in [-0.3, -0.25) is 0 Å². The molecule has 6 nitrogen and oxygen atoms in total. The highest BCUT2D eigenvalue weighted by molar-refractivity contribution is 5.45. The molecule has 0 amide bonds. The van der Waals surface area contributed by atoms with E-state index in [-0.39, 0.29) is 18.3 Å². The Morgan fingerprint density at radius 3 is 2.60 bits per heavy atom. The number of hydrogen-bond acceptors (Lipinski definition) is 6. The minimum atomic E-state index is -0.239. The predicted molar refractivity (Wildman–Crippen MR) is 77.1 cm³/mol. The number of β-amino-alcohol motifs (C(OH)–C–C–N with tert-alkyl or cyclic N) is 1. The van der Waals surface area contributed by atoms with Gasteiger partial charge in [0.15, 0.2) is 0 Å². The zero-order valence-electron chi connectivity index (χ0n) is 12.1. The summed E-state index contributed by atoms with van der Waals surface area (Å²) < 4.78 is 5.74. The molecule has 110 valence electrons. The lowest BCUT2D eigenvalue weighted by molar-refractivity contribution is -0.00571. The van der Waals surface area contributed by atoms with Gasteiger partial charge in [-0.15, -0.1) is 0 Å². The molecule has 1 N–H and O–H groups in total. The summed E-state index contributed by atoms with van der Waals surface area (Å²) in [5.74, 6) is 1.66. The minimum Gasteiger partial charge on any atom is -0.391 e. The molecular weight excluding hydrogens is 256 g/mol. The highest BCUT2D eigenvalue weighted by Gasteiger charge is 2.26. The summed E-state index contributed by atoms with van der Waals surface area (Å²) in [6.45, 7) is 7.29. The fraction of sp³-hybridized carbons (Fsp3) is 0.714. The van der Waals surface area contributed by atoms with Gasteiger partial charge in [-0.1, -0.05) is 0 Å². The summed E-state index contributed by atoms with van der Waals surface area (Å²) in [5.41, 5.74) is 0. The van der Waals surface area contributed by atoms with Gasteiger partial charge >= 0.3 is 0 Å². The summed E-state index contributed by atoms with van der Waals surface area (Å²) in [6.07, 6.45) is 2.76. The summed E-state index contributed by atoms with van der Waals surface area (Å²) in [6, 6.07) is 1.91. The summed E-state index contributed by atoms with van der Waals surface area (Å²) >= 11 is 0. The van der Waals surface area contributed by atoms with Gasteiger partial charge in [-0.05, 0) is 26.3 Å². The maximum absolute atomic E-state index is 9.64. The van der Waals surface area contributed by atoms with Gasteiger partial charge in [0.1, 0.15) is 5.82 Å². The quantitative estimate of drug-likeness (QED) is 0.857. The van der Waals surface area contributed by atoms with Crippen molar-refractivity contribution in [3.63, 3.8) is 0 Å². The number of aromatic nitrogens is 2. The largest absolute Gasteiger partial charge is 0.391 e. The molecule has 0 bridgehead atoms. The molecule has 0 radical (unpaired) electrons. The Labute approximate surface area is 119 Å². The van der Waals surface area contributed by atoms with Crippen molar-refractivity contribution < 1.29 is 9.84 Å². The van der Waals surface area contributed by atoms with Crippen LogP contribution in [0.5, 0.6) is 0 Å². The second kappa shape index (κ2) is 5.54. The van der Waals surface area contributed by atoms with E-state index in [0.717, 1.165) is 37.8 Å². The maximum atomic E-state index is 9.64. The first-order valence-electron chi connectivity index (χ1n) is 7.28. The highest BCUT2D eigenvalue weighted by atomic mass is 16.5. The van der Waals surface area contributed by atoms with E-state index in [9.17, 15) is 5.11 Å². The predicted octanol–water partition coefficient (Wildman–Crippen LogP) is 0.661. The van der Waals surface area contributed by atoms with E-state index in [4.69, 9.17) is 4.74 Å². The Hall–Kier alpha value is -1.40. The Bertz CT molecular complexity index is 460. The topological polar surface area (TPSA) is 61.7 Å². The SMILES string of the molecule is C[C@@H]1CN(c2nccc(N3CC[C@@H](O)C3)n2)C[C@H](C)O1. The number of rotatable bonds is 2. The molecule has 0 spiro atoms. The number of anilines is 2. The molecular formula is C14H22N4O2. The van der Waals surface area contributed by atoms with Crippen molar-refractivity contribution in [2.45, 2.75) is 38.6 Å². The standard InChI is InChI=1S/C14H22N4O2/c1-10-7-18(8-11(2)20-10)14-15-5-3-13(16-14)17-6-4-12(19)9-17/h3,5,10-12,19H,4,6-9H2,1-2H3/t10-,11+,12-/m1/s1. The molecule has 0 aromatic carbocycles. The van der Waals surface area contributed by atoms with E-state index in [1.54, 1.807) is 6.20 Å². The molecule has 3 heterocycles. The molecule has 1 aromatic heterocycles. The fourth-order valence-corrected chi connectivity index (χ4v) is 2.96. The van der Waals surface area contributed by atoms with Crippen LogP contribution in [-0.4, -0.2) is 59.6 Å². The van der Waals surface area contributed by atoms with Crippen LogP contribution in [0.25, 0.3) is 0 Å². The van der Waals surface area contributed by atoms with Gasteiger partial charge in [0.25, 0.3) is 0 Å². The second-order valence-electron chi connectivity index (χ2n) is 5.77. The molecule has 0 aliphatic carbocycles. The van der Waals surface area contributed by atoms with Crippen LogP contribution >= 0.6 is 0 Å². The maximum Gasteiger partial charge on any atom is 0.227 e. The van der Waals surface area contributed by atoms with Crippen LogP contribution in [0.15, 0.2) is 12.3 Å². The third-order valence-corrected chi connectivity index (χ3v) is 3.82. The zero-order chi connectivity index (χ0) is 14.1. The van der Waals surface area contributed by atoms with Crippen LogP contribution in [0.1, 0.15) is 20.3 Å². The number of ether oxygens (including phenoxy) is 1. The average Bonchev–Trinajstić information content (AvgIpc) is 2.85. The molecule has 2 aliphatic heterocycles. The van der Waals surface area contributed by atoms with Crippen molar-refractivity contribution >= 4 is 11.8 Å². The first-order valence-corrected chi connectivity index (χ1v) is 7.28. The number of hydrogen-bond donors (Lipinski definition) is 1. The molecule has 2 fully saturated rings. The molecule has 0 saturated carbocycles. The van der Waals surface area contributed by atoms with E-state index in [1.165, 1.54) is 0 Å². The van der Waals surface area contributed by atoms with Crippen LogP contribution in [0, 0.1) is 0 Å². The average molecular weight is 278 g/mol. The Morgan fingerprint density at radius 1 is 1.20 bits per heavy atom. The van der Waals surface area contributed by atoms with E-state index in [1.807, 2.05) is 6.07 Å². The first-order chi connectivity index (χ1) is 9.61. The van der Waals surface area contributed by atoms with Crippen LogP contribution in [0.2, 0.25) is 0 Å². The van der Waals surface area contributed by atoms with Gasteiger partial charge in [-0.25, -0.2) is 4.98 Å². The summed E-state index contributed by atoms with van der Waals surface area (Å²) in [7, 11) is 0. The number of aliphatic hydroxyl groups excluding tert-OH is 1. The molecule has 0 unspecified atom stereocenters. The van der Waals surface area contributed by atoms with E-state index in [0.29, 0.717) is 6.54 Å². The van der Waals surface area contributed by atoms with Gasteiger partial charge in [-0.2, -0.15) is 4.98 Å². The van der Waals surface area contributed by atoms with Gasteiger partial charge in [0.05, 0.1) is 18.3 Å². The third-order valence-electron chi connectivity index (χ3n) is 3.82. The molecule has 1 aromatic rings. The fourth-order valence-electron chi connectivity index (χ4n) is 2.96. The number of morpholine rings is 1. The van der Waals surface area contributed by atoms with Crippen molar-refractivity contribution in [3.05, 3.63) is 12.3 Å². The second-order valence-corrected chi connectivity index (χ2v) is 5.77. The monoisotopic (exact) mass is 278 g/mol. The summed E-state index contributed by atoms with van der Waals surface area (Å²) in [4.78, 5) is 13.3. The Balaban J connectivity index is 1.77. The highest BCUT2D eigenvalue weighted by Crippen LogP contribution is 2.22. The lowest BCUT2D eigenvalue weighted by atomic mass is 10.2. The molecule has 20 heavy (non-hydrogen) atoms. The smallest absolute Gasteiger partial charge is 0.227 e. The summed E-state index contributed by atoms with van der Waals surface area (Å²) in [5, 5.41) is 9.64.